The summed E-state index contributed by atoms with van der Waals surface area (Å²) in [6.45, 7) is 0. The van der Waals surface area contributed by atoms with E-state index in [4.69, 9.17) is 9.62 Å². The molecule has 1 N–H and O–H groups in total. The molecular formula is C15H10N4O2S. The largest absolute Gasteiger partial charge is 0.462 e. The average Bonchev–Trinajstić information content (AvgIpc) is 3.24. The summed E-state index contributed by atoms with van der Waals surface area (Å²) in [6.07, 6.45) is 2.94. The van der Waals surface area contributed by atoms with Gasteiger partial charge in [-0.3, -0.25) is 0 Å². The average molecular weight is 310 g/mol. The van der Waals surface area contributed by atoms with E-state index in [1.54, 1.807) is 10.8 Å². The van der Waals surface area contributed by atoms with Crippen LogP contribution in [-0.4, -0.2) is 26.0 Å². The molecule has 3 aromatic heterocycles. The molecule has 4 aromatic rings. The Morgan fingerprint density at radius 2 is 2.05 bits per heavy atom. The molecule has 0 saturated carbocycles. The Hall–Kier alpha value is -2.93. The number of benzene rings is 1. The highest BCUT2D eigenvalue weighted by atomic mass is 32.1. The second kappa shape index (κ2) is 5.12. The number of furan rings is 1. The zero-order valence-corrected chi connectivity index (χ0v) is 12.1. The van der Waals surface area contributed by atoms with Crippen LogP contribution in [0.2, 0.25) is 0 Å². The van der Waals surface area contributed by atoms with Crippen molar-refractivity contribution in [2.24, 2.45) is 5.16 Å². The molecule has 0 spiro atoms. The lowest BCUT2D eigenvalue weighted by Gasteiger charge is -1.98. The van der Waals surface area contributed by atoms with Gasteiger partial charge in [0.05, 0.1) is 12.5 Å². The molecule has 108 valence electrons. The first kappa shape index (κ1) is 12.8. The zero-order chi connectivity index (χ0) is 14.9. The zero-order valence-electron chi connectivity index (χ0n) is 11.2. The van der Waals surface area contributed by atoms with E-state index in [1.807, 2.05) is 42.5 Å². The quantitative estimate of drug-likeness (QED) is 0.357. The summed E-state index contributed by atoms with van der Waals surface area (Å²) < 4.78 is 7.01. The van der Waals surface area contributed by atoms with Gasteiger partial charge in [-0.2, -0.15) is 5.10 Å². The fraction of sp³-hybridized carbons (Fsp3) is 0. The first-order chi connectivity index (χ1) is 10.9. The summed E-state index contributed by atoms with van der Waals surface area (Å²) in [5.41, 5.74) is 2.29. The van der Waals surface area contributed by atoms with Gasteiger partial charge < -0.3 is 9.62 Å². The number of nitrogens with zero attached hydrogens (tertiary/aromatic N) is 4. The van der Waals surface area contributed by atoms with Crippen LogP contribution in [0.15, 0.2) is 58.3 Å². The molecule has 0 unspecified atom stereocenters. The van der Waals surface area contributed by atoms with Gasteiger partial charge in [0.2, 0.25) is 4.96 Å². The van der Waals surface area contributed by atoms with E-state index < -0.39 is 0 Å². The Bertz CT molecular complexity index is 939. The minimum Gasteiger partial charge on any atom is -0.462 e. The van der Waals surface area contributed by atoms with E-state index in [1.165, 1.54) is 17.6 Å². The SMILES string of the molecule is O/N=C/c1c(-c2ccccc2)nc2sc(-c3ccco3)nn12. The van der Waals surface area contributed by atoms with Crippen LogP contribution in [0, 0.1) is 0 Å². The summed E-state index contributed by atoms with van der Waals surface area (Å²) in [5.74, 6) is 0.684. The van der Waals surface area contributed by atoms with Crippen molar-refractivity contribution in [2.75, 3.05) is 0 Å². The minimum absolute atomic E-state index is 0.623. The van der Waals surface area contributed by atoms with Gasteiger partial charge >= 0.3 is 0 Å². The molecule has 0 aliphatic rings. The smallest absolute Gasteiger partial charge is 0.213 e. The number of imidazole rings is 1. The Labute approximate surface area is 129 Å². The van der Waals surface area contributed by atoms with Gasteiger partial charge in [-0.05, 0) is 12.1 Å². The molecule has 1 aromatic carbocycles. The summed E-state index contributed by atoms with van der Waals surface area (Å²) in [5, 5.41) is 17.3. The lowest BCUT2D eigenvalue weighted by Crippen LogP contribution is -1.94. The van der Waals surface area contributed by atoms with E-state index in [9.17, 15) is 0 Å². The lowest BCUT2D eigenvalue weighted by molar-refractivity contribution is 0.321. The predicted molar refractivity (Wildman–Crippen MR) is 83.4 cm³/mol. The normalized spacial score (nSPS) is 11.6. The van der Waals surface area contributed by atoms with E-state index in [2.05, 4.69) is 15.2 Å². The summed E-state index contributed by atoms with van der Waals surface area (Å²) in [4.78, 5) is 5.32. The maximum absolute atomic E-state index is 8.95. The van der Waals surface area contributed by atoms with Crippen LogP contribution in [0.4, 0.5) is 0 Å². The fourth-order valence-electron chi connectivity index (χ4n) is 2.24. The monoisotopic (exact) mass is 310 g/mol. The molecule has 0 fully saturated rings. The van der Waals surface area contributed by atoms with E-state index in [-0.39, 0.29) is 0 Å². The molecule has 0 atom stereocenters. The number of oxime groups is 1. The molecule has 3 heterocycles. The van der Waals surface area contributed by atoms with Crippen molar-refractivity contribution >= 4 is 22.5 Å². The number of aromatic nitrogens is 3. The molecule has 0 aliphatic carbocycles. The summed E-state index contributed by atoms with van der Waals surface area (Å²) in [7, 11) is 0. The topological polar surface area (TPSA) is 75.9 Å². The number of hydrogen-bond donors (Lipinski definition) is 1. The summed E-state index contributed by atoms with van der Waals surface area (Å²) >= 11 is 1.41. The fourth-order valence-corrected chi connectivity index (χ4v) is 3.12. The van der Waals surface area contributed by atoms with Crippen LogP contribution in [-0.2, 0) is 0 Å². The second-order valence-electron chi connectivity index (χ2n) is 4.54. The lowest BCUT2D eigenvalue weighted by atomic mass is 10.1. The van der Waals surface area contributed by atoms with Crippen molar-refractivity contribution in [1.29, 1.82) is 0 Å². The van der Waals surface area contributed by atoms with Crippen LogP contribution in [0.1, 0.15) is 5.69 Å². The van der Waals surface area contributed by atoms with Crippen LogP contribution < -0.4 is 0 Å². The molecule has 0 bridgehead atoms. The van der Waals surface area contributed by atoms with Gasteiger partial charge in [-0.25, -0.2) is 9.50 Å². The van der Waals surface area contributed by atoms with E-state index in [0.717, 1.165) is 16.3 Å². The Balaban J connectivity index is 1.93. The van der Waals surface area contributed by atoms with Crippen molar-refractivity contribution in [3.63, 3.8) is 0 Å². The maximum atomic E-state index is 8.95. The van der Waals surface area contributed by atoms with Crippen molar-refractivity contribution in [2.45, 2.75) is 0 Å². The van der Waals surface area contributed by atoms with E-state index in [0.29, 0.717) is 16.4 Å². The molecule has 22 heavy (non-hydrogen) atoms. The van der Waals surface area contributed by atoms with Crippen molar-refractivity contribution < 1.29 is 9.62 Å². The van der Waals surface area contributed by atoms with Gasteiger partial charge in [0.15, 0.2) is 10.8 Å². The van der Waals surface area contributed by atoms with Crippen LogP contribution in [0.3, 0.4) is 0 Å². The standard InChI is InChI=1S/C15H10N4O2S/c20-16-9-11-13(10-5-2-1-3-6-10)17-15-19(11)18-14(22-15)12-7-4-8-21-12/h1-9,20H/b16-9+. The Kier molecular flexibility index (Phi) is 2.97. The third-order valence-electron chi connectivity index (χ3n) is 3.20. The second-order valence-corrected chi connectivity index (χ2v) is 5.49. The molecule has 7 heteroatoms. The molecule has 0 aliphatic heterocycles. The van der Waals surface area contributed by atoms with E-state index >= 15 is 0 Å². The van der Waals surface area contributed by atoms with Gasteiger partial charge in [-0.1, -0.05) is 46.8 Å². The number of hydrogen-bond acceptors (Lipinski definition) is 6. The van der Waals surface area contributed by atoms with Crippen molar-refractivity contribution in [3.05, 3.63) is 54.4 Å². The first-order valence-electron chi connectivity index (χ1n) is 6.53. The van der Waals surface area contributed by atoms with Gasteiger partial charge in [0.1, 0.15) is 11.4 Å². The highest BCUT2D eigenvalue weighted by molar-refractivity contribution is 7.19. The third kappa shape index (κ3) is 1.99. The third-order valence-corrected chi connectivity index (χ3v) is 4.12. The molecule has 0 saturated heterocycles. The minimum atomic E-state index is 0.623. The van der Waals surface area contributed by atoms with Crippen LogP contribution >= 0.6 is 11.3 Å². The molecule has 4 rings (SSSR count). The number of fused-ring (bicyclic) bond motifs is 1. The molecule has 0 amide bonds. The highest BCUT2D eigenvalue weighted by Crippen LogP contribution is 2.30. The molecule has 0 radical (unpaired) electrons. The number of rotatable bonds is 3. The van der Waals surface area contributed by atoms with Crippen molar-refractivity contribution in [1.82, 2.24) is 14.6 Å². The Morgan fingerprint density at radius 1 is 1.18 bits per heavy atom. The van der Waals surface area contributed by atoms with Gasteiger partial charge in [0.25, 0.3) is 0 Å². The highest BCUT2D eigenvalue weighted by Gasteiger charge is 2.18. The summed E-state index contributed by atoms with van der Waals surface area (Å²) in [6, 6.07) is 13.4. The van der Waals surface area contributed by atoms with Gasteiger partial charge in [-0.15, -0.1) is 0 Å². The predicted octanol–water partition coefficient (Wildman–Crippen LogP) is 3.53. The first-order valence-corrected chi connectivity index (χ1v) is 7.35. The molecular weight excluding hydrogens is 300 g/mol. The van der Waals surface area contributed by atoms with Gasteiger partial charge in [0, 0.05) is 5.56 Å². The molecule has 6 nitrogen and oxygen atoms in total. The van der Waals surface area contributed by atoms with Crippen LogP contribution in [0.5, 0.6) is 0 Å². The Morgan fingerprint density at radius 3 is 2.77 bits per heavy atom. The maximum Gasteiger partial charge on any atom is 0.213 e. The van der Waals surface area contributed by atoms with Crippen molar-refractivity contribution in [3.8, 4) is 22.0 Å². The van der Waals surface area contributed by atoms with Crippen LogP contribution in [0.25, 0.3) is 27.0 Å².